The Balaban J connectivity index is -0.000000381. The number of likely N-dealkylation sites (N-methyl/N-ethyl adjacent to an activating group) is 2. The molecule has 0 saturated carbocycles. The van der Waals surface area contributed by atoms with Gasteiger partial charge >= 0.3 is 14.2 Å². The summed E-state index contributed by atoms with van der Waals surface area (Å²) in [6.45, 7) is 15.0. The zero-order chi connectivity index (χ0) is 27.6. The first kappa shape index (κ1) is 36.4. The van der Waals surface area contributed by atoms with Crippen molar-refractivity contribution in [3.05, 3.63) is 85.5 Å². The first-order chi connectivity index (χ1) is 16.8. The van der Waals surface area contributed by atoms with E-state index in [9.17, 15) is 9.59 Å². The van der Waals surface area contributed by atoms with Crippen LogP contribution < -0.4 is 21.6 Å². The molecule has 2 aromatic carbocycles. The fraction of sp³-hybridized carbons (Fsp3) is 0.280. The fourth-order valence-corrected chi connectivity index (χ4v) is 1.99. The number of amides is 2. The monoisotopic (exact) mass is 486 g/mol. The van der Waals surface area contributed by atoms with Gasteiger partial charge in [0.05, 0.1) is 6.61 Å². The minimum atomic E-state index is -1.34. The van der Waals surface area contributed by atoms with Crippen LogP contribution in [0.2, 0.25) is 0 Å². The number of carbonyl (C=O) groups excluding carboxylic acids is 2. The van der Waals surface area contributed by atoms with Crippen molar-refractivity contribution in [1.82, 2.24) is 10.6 Å². The SMILES string of the molecule is C=CC(=O)NC.C=CC(=O)NC.CC.CC.OB(O)c1ccccc1.OB1OCc2ccccc21. The molecule has 0 bridgehead atoms. The molecule has 3 rings (SSSR count). The van der Waals surface area contributed by atoms with Crippen LogP contribution in [0.15, 0.2) is 79.9 Å². The van der Waals surface area contributed by atoms with E-state index in [2.05, 4.69) is 23.8 Å². The molecule has 2 amide bonds. The number of hydrogen-bond acceptors (Lipinski definition) is 6. The molecule has 0 radical (unpaired) electrons. The zero-order valence-corrected chi connectivity index (χ0v) is 21.7. The van der Waals surface area contributed by atoms with Crippen molar-refractivity contribution in [3.8, 4) is 0 Å². The molecule has 8 nitrogen and oxygen atoms in total. The molecular formula is C25H40B2N2O6. The summed E-state index contributed by atoms with van der Waals surface area (Å²) in [6.07, 6.45) is 2.44. The van der Waals surface area contributed by atoms with Gasteiger partial charge in [0.2, 0.25) is 11.8 Å². The van der Waals surface area contributed by atoms with Gasteiger partial charge in [-0.25, -0.2) is 0 Å². The van der Waals surface area contributed by atoms with Gasteiger partial charge in [0.15, 0.2) is 0 Å². The van der Waals surface area contributed by atoms with Crippen LogP contribution in [0.1, 0.15) is 33.3 Å². The average Bonchev–Trinajstić information content (AvgIpc) is 3.32. The van der Waals surface area contributed by atoms with Crippen LogP contribution in [0.5, 0.6) is 0 Å². The molecular weight excluding hydrogens is 446 g/mol. The Morgan fingerprint density at radius 1 is 0.886 bits per heavy atom. The molecule has 1 heterocycles. The molecule has 0 fully saturated rings. The van der Waals surface area contributed by atoms with E-state index in [1.807, 2.05) is 58.0 Å². The molecule has 192 valence electrons. The zero-order valence-electron chi connectivity index (χ0n) is 21.7. The van der Waals surface area contributed by atoms with E-state index < -0.39 is 14.2 Å². The summed E-state index contributed by atoms with van der Waals surface area (Å²) in [5, 5.41) is 31.0. The average molecular weight is 486 g/mol. The molecule has 1 aliphatic rings. The topological polar surface area (TPSA) is 128 Å². The summed E-state index contributed by atoms with van der Waals surface area (Å²) in [6, 6.07) is 16.3. The van der Waals surface area contributed by atoms with E-state index in [0.29, 0.717) is 12.1 Å². The van der Waals surface area contributed by atoms with Crippen molar-refractivity contribution < 1.29 is 29.3 Å². The Morgan fingerprint density at radius 3 is 1.63 bits per heavy atom. The van der Waals surface area contributed by atoms with Crippen molar-refractivity contribution in [2.75, 3.05) is 14.1 Å². The number of hydrogen-bond donors (Lipinski definition) is 5. The second-order valence-electron chi connectivity index (χ2n) is 5.78. The lowest BCUT2D eigenvalue weighted by atomic mass is 9.80. The summed E-state index contributed by atoms with van der Waals surface area (Å²) < 4.78 is 4.98. The second-order valence-corrected chi connectivity index (χ2v) is 5.78. The maximum absolute atomic E-state index is 9.95. The molecule has 35 heavy (non-hydrogen) atoms. The Labute approximate surface area is 211 Å². The summed E-state index contributed by atoms with van der Waals surface area (Å²) in [5.74, 6) is -0.287. The third-order valence-corrected chi connectivity index (χ3v) is 3.68. The number of rotatable bonds is 3. The van der Waals surface area contributed by atoms with Crippen molar-refractivity contribution in [3.63, 3.8) is 0 Å². The quantitative estimate of drug-likeness (QED) is 0.328. The lowest BCUT2D eigenvalue weighted by Crippen LogP contribution is -2.29. The van der Waals surface area contributed by atoms with E-state index in [0.717, 1.165) is 11.0 Å². The second kappa shape index (κ2) is 25.5. The van der Waals surface area contributed by atoms with Gasteiger partial charge in [-0.15, -0.1) is 0 Å². The summed E-state index contributed by atoms with van der Waals surface area (Å²) in [4.78, 5) is 19.9. The normalized spacial score (nSPS) is 9.46. The largest absolute Gasteiger partial charge is 0.491 e. The van der Waals surface area contributed by atoms with Crippen LogP contribution in [-0.2, 0) is 20.9 Å². The lowest BCUT2D eigenvalue weighted by Gasteiger charge is -1.94. The van der Waals surface area contributed by atoms with Gasteiger partial charge in [-0.2, -0.15) is 0 Å². The van der Waals surface area contributed by atoms with E-state index in [1.165, 1.54) is 12.2 Å². The Hall–Kier alpha value is -3.17. The molecule has 5 N–H and O–H groups in total. The predicted octanol–water partition coefficient (Wildman–Crippen LogP) is 1.16. The minimum Gasteiger partial charge on any atom is -0.423 e. The molecule has 0 aromatic heterocycles. The number of nitrogens with one attached hydrogen (secondary N) is 2. The maximum Gasteiger partial charge on any atom is 0.491 e. The van der Waals surface area contributed by atoms with E-state index in [-0.39, 0.29) is 11.8 Å². The molecule has 1 aliphatic heterocycles. The molecule has 0 aliphatic carbocycles. The molecule has 0 unspecified atom stereocenters. The fourth-order valence-electron chi connectivity index (χ4n) is 1.99. The van der Waals surface area contributed by atoms with Crippen LogP contribution in [-0.4, -0.2) is 55.2 Å². The summed E-state index contributed by atoms with van der Waals surface area (Å²) in [7, 11) is 1.08. The van der Waals surface area contributed by atoms with Crippen LogP contribution in [0.3, 0.4) is 0 Å². The number of benzene rings is 2. The van der Waals surface area contributed by atoms with Gasteiger partial charge in [-0.1, -0.05) is 95.5 Å². The molecule has 0 saturated heterocycles. The summed E-state index contributed by atoms with van der Waals surface area (Å²) >= 11 is 0. The number of fused-ring (bicyclic) bond motifs is 1. The molecule has 0 atom stereocenters. The maximum atomic E-state index is 9.95. The van der Waals surface area contributed by atoms with E-state index in [4.69, 9.17) is 19.7 Å². The van der Waals surface area contributed by atoms with E-state index >= 15 is 0 Å². The standard InChI is InChI=1S/C7H7BO2.C6H7BO2.2C4H7NO.2C2H6/c9-8-7-4-2-1-3-6(7)5-10-8;8-7(9)6-4-2-1-3-5-6;2*1-3-4(6)5-2;2*1-2/h1-4,9H,5H2;1-5,8-9H;2*3H,1H2,2H3,(H,5,6);2*1-2H3. The third-order valence-electron chi connectivity index (χ3n) is 3.68. The van der Waals surface area contributed by atoms with Gasteiger partial charge in [-0.05, 0) is 28.6 Å². The van der Waals surface area contributed by atoms with Gasteiger partial charge in [0.1, 0.15) is 0 Å². The van der Waals surface area contributed by atoms with Crippen molar-refractivity contribution in [2.45, 2.75) is 34.3 Å². The lowest BCUT2D eigenvalue weighted by molar-refractivity contribution is -0.116. The highest BCUT2D eigenvalue weighted by molar-refractivity contribution is 6.61. The minimum absolute atomic E-state index is 0.144. The molecule has 0 spiro atoms. The molecule has 10 heteroatoms. The van der Waals surface area contributed by atoms with Crippen LogP contribution in [0.4, 0.5) is 0 Å². The Bertz CT molecular complexity index is 801. The van der Waals surface area contributed by atoms with Crippen LogP contribution >= 0.6 is 0 Å². The van der Waals surface area contributed by atoms with Crippen molar-refractivity contribution in [2.24, 2.45) is 0 Å². The summed E-state index contributed by atoms with van der Waals surface area (Å²) in [5.41, 5.74) is 2.52. The highest BCUT2D eigenvalue weighted by Gasteiger charge is 2.25. The van der Waals surface area contributed by atoms with E-state index in [1.54, 1.807) is 38.4 Å². The Kier molecular flexibility index (Phi) is 26.5. The highest BCUT2D eigenvalue weighted by Crippen LogP contribution is 2.07. The smallest absolute Gasteiger partial charge is 0.423 e. The van der Waals surface area contributed by atoms with Crippen molar-refractivity contribution in [1.29, 1.82) is 0 Å². The van der Waals surface area contributed by atoms with Gasteiger partial charge in [-0.3, -0.25) is 9.59 Å². The highest BCUT2D eigenvalue weighted by atomic mass is 16.5. The van der Waals surface area contributed by atoms with Gasteiger partial charge in [0.25, 0.3) is 0 Å². The van der Waals surface area contributed by atoms with Gasteiger partial charge < -0.3 is 30.4 Å². The van der Waals surface area contributed by atoms with Crippen LogP contribution in [0.25, 0.3) is 0 Å². The first-order valence-corrected chi connectivity index (χ1v) is 11.3. The van der Waals surface area contributed by atoms with Crippen LogP contribution in [0, 0.1) is 0 Å². The third kappa shape index (κ3) is 18.9. The predicted molar refractivity (Wildman–Crippen MR) is 146 cm³/mol. The Morgan fingerprint density at radius 2 is 1.31 bits per heavy atom. The number of carbonyl (C=O) groups is 2. The first-order valence-electron chi connectivity index (χ1n) is 11.3. The van der Waals surface area contributed by atoms with Gasteiger partial charge in [0, 0.05) is 14.1 Å². The van der Waals surface area contributed by atoms with Crippen molar-refractivity contribution >= 4 is 37.0 Å². The molecule has 2 aromatic rings.